The number of amides is 1. The maximum absolute atomic E-state index is 11.3. The van der Waals surface area contributed by atoms with Crippen molar-refractivity contribution in [2.24, 2.45) is 5.92 Å². The first-order valence-electron chi connectivity index (χ1n) is 7.13. The maximum Gasteiger partial charge on any atom is 0.217 e. The summed E-state index contributed by atoms with van der Waals surface area (Å²) in [6.45, 7) is 6.99. The van der Waals surface area contributed by atoms with E-state index < -0.39 is 35.9 Å². The van der Waals surface area contributed by atoms with E-state index in [2.05, 4.69) is 5.32 Å². The van der Waals surface area contributed by atoms with E-state index in [9.17, 15) is 20.1 Å². The summed E-state index contributed by atoms with van der Waals surface area (Å²) < 4.78 is 6.00. The third kappa shape index (κ3) is 4.15. The lowest BCUT2D eigenvalue weighted by atomic mass is 9.79. The van der Waals surface area contributed by atoms with Gasteiger partial charge in [0.2, 0.25) is 5.91 Å². The maximum atomic E-state index is 11.3. The molecule has 4 N–H and O–H groups in total. The first-order chi connectivity index (χ1) is 9.21. The molecule has 6 nitrogen and oxygen atoms in total. The Bertz CT molecular complexity index is 334. The first kappa shape index (κ1) is 17.4. The van der Waals surface area contributed by atoms with E-state index in [-0.39, 0.29) is 12.5 Å². The molecule has 1 saturated carbocycles. The molecule has 1 aliphatic carbocycles. The summed E-state index contributed by atoms with van der Waals surface area (Å²) in [4.78, 5) is 11.3. The fourth-order valence-electron chi connectivity index (χ4n) is 2.51. The summed E-state index contributed by atoms with van der Waals surface area (Å²) >= 11 is 0. The molecular formula is C14H27NO5. The highest BCUT2D eigenvalue weighted by Crippen LogP contribution is 2.31. The minimum Gasteiger partial charge on any atom is -0.396 e. The number of carbonyl (C=O) groups excluding carboxylic acids is 1. The van der Waals surface area contributed by atoms with Gasteiger partial charge >= 0.3 is 0 Å². The quantitative estimate of drug-likeness (QED) is 0.562. The number of aliphatic hydroxyl groups excluding tert-OH is 3. The molecule has 0 bridgehead atoms. The summed E-state index contributed by atoms with van der Waals surface area (Å²) in [5.41, 5.74) is -0.399. The molecule has 0 heterocycles. The summed E-state index contributed by atoms with van der Waals surface area (Å²) in [5, 5.41) is 32.1. The number of aliphatic hydroxyl groups is 3. The number of nitrogens with one attached hydrogen (secondary N) is 1. The highest BCUT2D eigenvalue weighted by atomic mass is 16.5. The van der Waals surface area contributed by atoms with Crippen LogP contribution < -0.4 is 5.32 Å². The van der Waals surface area contributed by atoms with Gasteiger partial charge in [-0.3, -0.25) is 4.79 Å². The molecule has 5 atom stereocenters. The van der Waals surface area contributed by atoms with Crippen molar-refractivity contribution in [3.8, 4) is 0 Å². The van der Waals surface area contributed by atoms with Gasteiger partial charge in [-0.25, -0.2) is 0 Å². The highest BCUT2D eigenvalue weighted by Gasteiger charge is 2.45. The van der Waals surface area contributed by atoms with Crippen LogP contribution in [-0.4, -0.2) is 57.8 Å². The van der Waals surface area contributed by atoms with Gasteiger partial charge in [-0.2, -0.15) is 0 Å². The third-order valence-corrected chi connectivity index (χ3v) is 4.06. The molecule has 0 aromatic heterocycles. The van der Waals surface area contributed by atoms with Crippen molar-refractivity contribution < 1.29 is 24.9 Å². The van der Waals surface area contributed by atoms with E-state index in [1.54, 1.807) is 0 Å². The average molecular weight is 289 g/mol. The Labute approximate surface area is 120 Å². The number of hydrogen-bond acceptors (Lipinski definition) is 5. The smallest absolute Gasteiger partial charge is 0.217 e. The van der Waals surface area contributed by atoms with Gasteiger partial charge in [-0.1, -0.05) is 6.92 Å². The predicted octanol–water partition coefficient (Wildman–Crippen LogP) is -0.201. The van der Waals surface area contributed by atoms with Crippen LogP contribution in [-0.2, 0) is 9.53 Å². The molecule has 20 heavy (non-hydrogen) atoms. The minimum atomic E-state index is -1.15. The zero-order valence-electron chi connectivity index (χ0n) is 12.7. The molecule has 1 amide bonds. The number of carbonyl (C=O) groups is 1. The standard InChI is InChI=1S/C14H27NO5/c1-5-14(3,4)20-10-6-9(7-16)12(18)13(19)11(10)15-8(2)17/h9-13,16,18-19H,5-7H2,1-4H3,(H,15,17). The molecule has 1 aliphatic rings. The van der Waals surface area contributed by atoms with Gasteiger partial charge in [0.1, 0.15) is 6.10 Å². The Morgan fingerprint density at radius 1 is 1.35 bits per heavy atom. The molecule has 0 spiro atoms. The lowest BCUT2D eigenvalue weighted by molar-refractivity contribution is -0.169. The van der Waals surface area contributed by atoms with Crippen LogP contribution in [0.4, 0.5) is 0 Å². The van der Waals surface area contributed by atoms with E-state index in [0.717, 1.165) is 6.42 Å². The minimum absolute atomic E-state index is 0.225. The van der Waals surface area contributed by atoms with Gasteiger partial charge in [-0.15, -0.1) is 0 Å². The monoisotopic (exact) mass is 289 g/mol. The van der Waals surface area contributed by atoms with Gasteiger partial charge < -0.3 is 25.4 Å². The second-order valence-electron chi connectivity index (χ2n) is 6.16. The molecular weight excluding hydrogens is 262 g/mol. The summed E-state index contributed by atoms with van der Waals surface area (Å²) in [6.07, 6.45) is -1.49. The van der Waals surface area contributed by atoms with Crippen LogP contribution in [0.5, 0.6) is 0 Å². The van der Waals surface area contributed by atoms with Crippen LogP contribution in [0.2, 0.25) is 0 Å². The molecule has 5 unspecified atom stereocenters. The van der Waals surface area contributed by atoms with E-state index in [0.29, 0.717) is 6.42 Å². The molecule has 1 fully saturated rings. The number of ether oxygens (including phenoxy) is 1. The lowest BCUT2D eigenvalue weighted by Gasteiger charge is -2.44. The Balaban J connectivity index is 2.91. The molecule has 0 aromatic carbocycles. The fourth-order valence-corrected chi connectivity index (χ4v) is 2.51. The Hall–Kier alpha value is -0.690. The van der Waals surface area contributed by atoms with Crippen molar-refractivity contribution in [3.05, 3.63) is 0 Å². The van der Waals surface area contributed by atoms with Crippen LogP contribution in [0.25, 0.3) is 0 Å². The molecule has 6 heteroatoms. The van der Waals surface area contributed by atoms with Crippen LogP contribution in [0.1, 0.15) is 40.5 Å². The van der Waals surface area contributed by atoms with Crippen molar-refractivity contribution in [1.82, 2.24) is 5.32 Å². The SMILES string of the molecule is CCC(C)(C)OC1CC(CO)C(O)C(O)C1NC(C)=O. The van der Waals surface area contributed by atoms with Crippen molar-refractivity contribution >= 4 is 5.91 Å². The lowest BCUT2D eigenvalue weighted by Crippen LogP contribution is -2.62. The highest BCUT2D eigenvalue weighted by molar-refractivity contribution is 5.73. The Morgan fingerprint density at radius 2 is 1.95 bits per heavy atom. The molecule has 0 radical (unpaired) electrons. The normalized spacial score (nSPS) is 34.9. The van der Waals surface area contributed by atoms with Gasteiger partial charge in [0, 0.05) is 19.4 Å². The largest absolute Gasteiger partial charge is 0.396 e. The number of rotatable bonds is 5. The van der Waals surface area contributed by atoms with Crippen molar-refractivity contribution in [3.63, 3.8) is 0 Å². The van der Waals surface area contributed by atoms with Crippen LogP contribution in [0, 0.1) is 5.92 Å². The van der Waals surface area contributed by atoms with Crippen molar-refractivity contribution in [2.75, 3.05) is 6.61 Å². The molecule has 118 valence electrons. The van der Waals surface area contributed by atoms with E-state index in [4.69, 9.17) is 4.74 Å². The molecule has 0 aliphatic heterocycles. The van der Waals surface area contributed by atoms with E-state index >= 15 is 0 Å². The number of hydrogen-bond donors (Lipinski definition) is 4. The second kappa shape index (κ2) is 6.85. The van der Waals surface area contributed by atoms with Crippen molar-refractivity contribution in [1.29, 1.82) is 0 Å². The summed E-state index contributed by atoms with van der Waals surface area (Å²) in [5.74, 6) is -0.737. The Morgan fingerprint density at radius 3 is 2.40 bits per heavy atom. The van der Waals surface area contributed by atoms with Gasteiger partial charge in [0.05, 0.1) is 23.9 Å². The zero-order chi connectivity index (χ0) is 15.5. The zero-order valence-corrected chi connectivity index (χ0v) is 12.7. The summed E-state index contributed by atoms with van der Waals surface area (Å²) in [7, 11) is 0. The van der Waals surface area contributed by atoms with Crippen LogP contribution in [0.3, 0.4) is 0 Å². The molecule has 0 aromatic rings. The van der Waals surface area contributed by atoms with Gasteiger partial charge in [-0.05, 0) is 26.7 Å². The first-order valence-corrected chi connectivity index (χ1v) is 7.13. The summed E-state index contributed by atoms with van der Waals surface area (Å²) in [6, 6.07) is -0.670. The predicted molar refractivity (Wildman–Crippen MR) is 74.1 cm³/mol. The van der Waals surface area contributed by atoms with Gasteiger partial charge in [0.15, 0.2) is 0 Å². The Kier molecular flexibility index (Phi) is 5.94. The van der Waals surface area contributed by atoms with Crippen LogP contribution >= 0.6 is 0 Å². The fraction of sp³-hybridized carbons (Fsp3) is 0.929. The van der Waals surface area contributed by atoms with Crippen LogP contribution in [0.15, 0.2) is 0 Å². The second-order valence-corrected chi connectivity index (χ2v) is 6.16. The topological polar surface area (TPSA) is 99.0 Å². The molecule has 1 rings (SSSR count). The van der Waals surface area contributed by atoms with E-state index in [1.165, 1.54) is 6.92 Å². The average Bonchev–Trinajstić information content (AvgIpc) is 2.37. The third-order valence-electron chi connectivity index (χ3n) is 4.06. The van der Waals surface area contributed by atoms with Gasteiger partial charge in [0.25, 0.3) is 0 Å². The molecule has 0 saturated heterocycles. The van der Waals surface area contributed by atoms with E-state index in [1.807, 2.05) is 20.8 Å². The van der Waals surface area contributed by atoms with Crippen molar-refractivity contribution in [2.45, 2.75) is 70.5 Å².